The van der Waals surface area contributed by atoms with Crippen LogP contribution in [0.25, 0.3) is 11.3 Å². The normalized spacial score (nSPS) is 10.6. The quantitative estimate of drug-likeness (QED) is 0.370. The summed E-state index contributed by atoms with van der Waals surface area (Å²) in [5.74, 6) is -2.70. The average Bonchev–Trinajstić information content (AvgIpc) is 3.01. The largest absolute Gasteiger partial charge is 0.460 e. The fourth-order valence-corrected chi connectivity index (χ4v) is 3.48. The number of nitrogens with one attached hydrogen (secondary N) is 1. The Labute approximate surface area is 178 Å². The Hall–Kier alpha value is -3.81. The molecule has 0 aliphatic heterocycles. The molecule has 8 heteroatoms. The molecule has 0 aliphatic rings. The van der Waals surface area contributed by atoms with Crippen molar-refractivity contribution in [3.8, 4) is 11.3 Å². The Morgan fingerprint density at radius 1 is 1.13 bits per heavy atom. The predicted molar refractivity (Wildman–Crippen MR) is 113 cm³/mol. The van der Waals surface area contributed by atoms with E-state index in [1.807, 2.05) is 0 Å². The zero-order valence-electron chi connectivity index (χ0n) is 17.7. The highest BCUT2D eigenvalue weighted by Crippen LogP contribution is 2.32. The third kappa shape index (κ3) is 4.23. The smallest absolute Gasteiger partial charge is 0.381 e. The van der Waals surface area contributed by atoms with Crippen molar-refractivity contribution in [2.75, 3.05) is 11.9 Å². The predicted octanol–water partition coefficient (Wildman–Crippen LogP) is 3.84. The highest BCUT2D eigenvalue weighted by Gasteiger charge is 2.31. The van der Waals surface area contributed by atoms with E-state index in [0.29, 0.717) is 28.1 Å². The molecule has 3 aromatic rings. The van der Waals surface area contributed by atoms with Crippen LogP contribution in [0.5, 0.6) is 0 Å². The second-order valence-electron chi connectivity index (χ2n) is 6.96. The number of benzene rings is 1. The number of nitrogens with zero attached hydrogens (tertiary/aromatic N) is 2. The summed E-state index contributed by atoms with van der Waals surface area (Å²) in [5.41, 5.74) is 2.51. The van der Waals surface area contributed by atoms with Gasteiger partial charge in [0.1, 0.15) is 11.5 Å². The molecule has 2 heterocycles. The molecule has 1 amide bonds. The van der Waals surface area contributed by atoms with E-state index in [1.54, 1.807) is 52.3 Å². The van der Waals surface area contributed by atoms with Crippen LogP contribution >= 0.6 is 0 Å². The van der Waals surface area contributed by atoms with E-state index < -0.39 is 17.7 Å². The molecule has 31 heavy (non-hydrogen) atoms. The summed E-state index contributed by atoms with van der Waals surface area (Å²) in [6, 6.07) is 7.64. The summed E-state index contributed by atoms with van der Waals surface area (Å²) in [5, 5.41) is 2.75. The number of ketones is 1. The van der Waals surface area contributed by atoms with Crippen LogP contribution in [0, 0.1) is 19.7 Å². The number of aryl methyl sites for hydroxylation is 1. The minimum absolute atomic E-state index is 0.0581. The number of ether oxygens (including phenoxy) is 1. The van der Waals surface area contributed by atoms with Crippen molar-refractivity contribution >= 4 is 23.3 Å². The Kier molecular flexibility index (Phi) is 6.29. The molecule has 0 radical (unpaired) electrons. The Morgan fingerprint density at radius 2 is 1.81 bits per heavy atom. The van der Waals surface area contributed by atoms with E-state index in [9.17, 15) is 18.8 Å². The van der Waals surface area contributed by atoms with Gasteiger partial charge in [0.2, 0.25) is 0 Å². The monoisotopic (exact) mass is 423 g/mol. The number of Topliss-reactive ketones (excluding diaryl/α,β-unsaturated/α-hetero) is 1. The van der Waals surface area contributed by atoms with Gasteiger partial charge in [-0.15, -0.1) is 0 Å². The van der Waals surface area contributed by atoms with Crippen molar-refractivity contribution in [1.29, 1.82) is 0 Å². The van der Waals surface area contributed by atoms with Gasteiger partial charge in [0.05, 0.1) is 17.9 Å². The first-order valence-electron chi connectivity index (χ1n) is 9.64. The van der Waals surface area contributed by atoms with Gasteiger partial charge < -0.3 is 14.6 Å². The zero-order chi connectivity index (χ0) is 22.7. The summed E-state index contributed by atoms with van der Waals surface area (Å²) < 4.78 is 20.0. The van der Waals surface area contributed by atoms with Crippen LogP contribution in [0.1, 0.15) is 38.9 Å². The van der Waals surface area contributed by atoms with Gasteiger partial charge in [0.15, 0.2) is 0 Å². The average molecular weight is 423 g/mol. The fourth-order valence-electron chi connectivity index (χ4n) is 3.48. The highest BCUT2D eigenvalue weighted by atomic mass is 19.1. The van der Waals surface area contributed by atoms with Crippen LogP contribution < -0.4 is 5.32 Å². The van der Waals surface area contributed by atoms with E-state index in [1.165, 1.54) is 22.8 Å². The third-order valence-corrected chi connectivity index (χ3v) is 4.91. The lowest BCUT2D eigenvalue weighted by molar-refractivity contribution is -0.137. The molecule has 0 saturated heterocycles. The standard InChI is InChI=1S/C23H22FN3O4/c1-5-31-23(30)21(28)19-14(3)18(20(27(19)4)15-8-10-25-11-9-15)22(29)26-16-6-7-17(24)13(2)12-16/h6-12H,5H2,1-4H3,(H,26,29). The summed E-state index contributed by atoms with van der Waals surface area (Å²) in [6.45, 7) is 4.86. The molecule has 1 aromatic carbocycles. The van der Waals surface area contributed by atoms with E-state index in [0.717, 1.165) is 0 Å². The maximum atomic E-state index is 13.6. The number of anilines is 1. The third-order valence-electron chi connectivity index (χ3n) is 4.91. The zero-order valence-corrected chi connectivity index (χ0v) is 17.7. The topological polar surface area (TPSA) is 90.3 Å². The second kappa shape index (κ2) is 8.91. The first-order valence-corrected chi connectivity index (χ1v) is 9.64. The van der Waals surface area contributed by atoms with Gasteiger partial charge in [-0.05, 0) is 62.2 Å². The lowest BCUT2D eigenvalue weighted by Gasteiger charge is -2.10. The molecule has 0 atom stereocenters. The molecule has 3 rings (SSSR count). The molecule has 7 nitrogen and oxygen atoms in total. The van der Waals surface area contributed by atoms with Gasteiger partial charge in [-0.3, -0.25) is 14.6 Å². The molecule has 160 valence electrons. The van der Waals surface area contributed by atoms with Crippen molar-refractivity contribution in [2.24, 2.45) is 7.05 Å². The van der Waals surface area contributed by atoms with Crippen molar-refractivity contribution in [3.05, 3.63) is 70.9 Å². The second-order valence-corrected chi connectivity index (χ2v) is 6.96. The number of hydrogen-bond donors (Lipinski definition) is 1. The van der Waals surface area contributed by atoms with E-state index in [-0.39, 0.29) is 23.7 Å². The van der Waals surface area contributed by atoms with Gasteiger partial charge in [-0.25, -0.2) is 9.18 Å². The van der Waals surface area contributed by atoms with E-state index in [2.05, 4.69) is 10.3 Å². The number of pyridine rings is 1. The fraction of sp³-hybridized carbons (Fsp3) is 0.217. The molecular weight excluding hydrogens is 401 g/mol. The van der Waals surface area contributed by atoms with Gasteiger partial charge in [-0.2, -0.15) is 0 Å². The summed E-state index contributed by atoms with van der Waals surface area (Å²) in [6.07, 6.45) is 3.13. The van der Waals surface area contributed by atoms with Gasteiger partial charge in [0.25, 0.3) is 11.7 Å². The summed E-state index contributed by atoms with van der Waals surface area (Å²) in [7, 11) is 1.61. The van der Waals surface area contributed by atoms with E-state index in [4.69, 9.17) is 4.74 Å². The summed E-state index contributed by atoms with van der Waals surface area (Å²) >= 11 is 0. The summed E-state index contributed by atoms with van der Waals surface area (Å²) in [4.78, 5) is 42.1. The van der Waals surface area contributed by atoms with Gasteiger partial charge >= 0.3 is 5.97 Å². The molecule has 1 N–H and O–H groups in total. The van der Waals surface area contributed by atoms with Crippen LogP contribution in [0.3, 0.4) is 0 Å². The molecular formula is C23H22FN3O4. The molecule has 2 aromatic heterocycles. The van der Waals surface area contributed by atoms with Crippen LogP contribution in [0.2, 0.25) is 0 Å². The first-order chi connectivity index (χ1) is 14.8. The number of esters is 1. The molecule has 0 unspecified atom stereocenters. The minimum Gasteiger partial charge on any atom is -0.460 e. The Balaban J connectivity index is 2.14. The Bertz CT molecular complexity index is 1170. The molecule has 0 spiro atoms. The van der Waals surface area contributed by atoms with Gasteiger partial charge in [-0.1, -0.05) is 0 Å². The number of carbonyl (C=O) groups is 3. The van der Waals surface area contributed by atoms with Crippen LogP contribution in [-0.2, 0) is 16.6 Å². The molecule has 0 fully saturated rings. The maximum Gasteiger partial charge on any atom is 0.381 e. The molecule has 0 aliphatic carbocycles. The number of carbonyl (C=O) groups excluding carboxylic acids is 3. The number of amides is 1. The number of hydrogen-bond acceptors (Lipinski definition) is 5. The van der Waals surface area contributed by atoms with Crippen molar-refractivity contribution < 1.29 is 23.5 Å². The van der Waals surface area contributed by atoms with Crippen LogP contribution in [0.15, 0.2) is 42.7 Å². The lowest BCUT2D eigenvalue weighted by Crippen LogP contribution is -2.21. The Morgan fingerprint density at radius 3 is 2.42 bits per heavy atom. The molecule has 0 saturated carbocycles. The maximum absolute atomic E-state index is 13.6. The SMILES string of the molecule is CCOC(=O)C(=O)c1c(C)c(C(=O)Nc2ccc(F)c(C)c2)c(-c2ccncc2)n1C. The van der Waals surface area contributed by atoms with Crippen molar-refractivity contribution in [1.82, 2.24) is 9.55 Å². The lowest BCUT2D eigenvalue weighted by atomic mass is 10.0. The first kappa shape index (κ1) is 21.9. The highest BCUT2D eigenvalue weighted by molar-refractivity contribution is 6.41. The van der Waals surface area contributed by atoms with Crippen LogP contribution in [0.4, 0.5) is 10.1 Å². The van der Waals surface area contributed by atoms with Crippen LogP contribution in [-0.4, -0.2) is 33.8 Å². The number of aromatic nitrogens is 2. The molecule has 0 bridgehead atoms. The van der Waals surface area contributed by atoms with Gasteiger partial charge in [0, 0.05) is 30.7 Å². The van der Waals surface area contributed by atoms with Crippen molar-refractivity contribution in [3.63, 3.8) is 0 Å². The number of halogens is 1. The van der Waals surface area contributed by atoms with Crippen molar-refractivity contribution in [2.45, 2.75) is 20.8 Å². The van der Waals surface area contributed by atoms with E-state index >= 15 is 0 Å². The number of rotatable bonds is 6. The minimum atomic E-state index is -0.992.